The average molecular weight is 374 g/mol. The molecular weight excluding hydrogens is 355 g/mol. The fraction of sp³-hybridized carbons (Fsp3) is 0.533. The summed E-state index contributed by atoms with van der Waals surface area (Å²) < 4.78 is 52.3. The zero-order valence-electron chi connectivity index (χ0n) is 13.7. The Hall–Kier alpha value is -1.91. The van der Waals surface area contributed by atoms with Gasteiger partial charge in [-0.3, -0.25) is 4.90 Å². The normalized spacial score (nSPS) is 21.5. The van der Waals surface area contributed by atoms with Gasteiger partial charge in [0.25, 0.3) is 10.1 Å². The molecule has 0 aromatic heterocycles. The lowest BCUT2D eigenvalue weighted by Gasteiger charge is -2.29. The molecule has 2 fully saturated rings. The van der Waals surface area contributed by atoms with Crippen LogP contribution in [-0.4, -0.2) is 59.4 Å². The molecule has 1 atom stereocenters. The predicted octanol–water partition coefficient (Wildman–Crippen LogP) is 1.31. The van der Waals surface area contributed by atoms with Crippen molar-refractivity contribution in [3.8, 4) is 0 Å². The van der Waals surface area contributed by atoms with Gasteiger partial charge in [-0.25, -0.2) is 13.4 Å². The fourth-order valence-corrected chi connectivity index (χ4v) is 3.22. The molecule has 0 bridgehead atoms. The number of rotatable bonds is 5. The van der Waals surface area contributed by atoms with Crippen molar-refractivity contribution in [2.24, 2.45) is 0 Å². The summed E-state index contributed by atoms with van der Waals surface area (Å²) in [5.74, 6) is -0.707. The van der Waals surface area contributed by atoms with Crippen molar-refractivity contribution >= 4 is 27.6 Å². The summed E-state index contributed by atoms with van der Waals surface area (Å²) in [7, 11) is -3.76. The van der Waals surface area contributed by atoms with Crippen LogP contribution in [0.2, 0.25) is 0 Å². The Labute approximate surface area is 145 Å². The van der Waals surface area contributed by atoms with Crippen LogP contribution in [0.3, 0.4) is 0 Å². The molecule has 0 N–H and O–H groups in total. The summed E-state index contributed by atoms with van der Waals surface area (Å²) in [4.78, 5) is 14.9. The van der Waals surface area contributed by atoms with Gasteiger partial charge in [-0.1, -0.05) is 0 Å². The van der Waals surface area contributed by atoms with Crippen LogP contribution in [0.4, 0.5) is 20.6 Å². The third-order valence-corrected chi connectivity index (χ3v) is 5.20. The summed E-state index contributed by atoms with van der Waals surface area (Å²) in [5, 5.41) is 0. The van der Waals surface area contributed by atoms with Gasteiger partial charge in [0, 0.05) is 13.1 Å². The number of ether oxygens (including phenoxy) is 2. The Kier molecular flexibility index (Phi) is 5.11. The second kappa shape index (κ2) is 7.14. The van der Waals surface area contributed by atoms with Crippen molar-refractivity contribution in [1.29, 1.82) is 0 Å². The highest BCUT2D eigenvalue weighted by Crippen LogP contribution is 2.28. The first-order valence-electron chi connectivity index (χ1n) is 7.91. The van der Waals surface area contributed by atoms with Crippen LogP contribution in [0.15, 0.2) is 18.2 Å². The van der Waals surface area contributed by atoms with Crippen LogP contribution in [0.25, 0.3) is 0 Å². The molecule has 1 aromatic rings. The van der Waals surface area contributed by atoms with Crippen LogP contribution in [-0.2, 0) is 23.8 Å². The second-order valence-corrected chi connectivity index (χ2v) is 7.49. The van der Waals surface area contributed by atoms with Gasteiger partial charge in [0.1, 0.15) is 5.82 Å². The van der Waals surface area contributed by atoms with Crippen molar-refractivity contribution in [3.05, 3.63) is 24.0 Å². The van der Waals surface area contributed by atoms with E-state index in [1.54, 1.807) is 12.1 Å². The Balaban J connectivity index is 1.73. The van der Waals surface area contributed by atoms with E-state index in [0.717, 1.165) is 4.90 Å². The van der Waals surface area contributed by atoms with Crippen LogP contribution < -0.4 is 9.80 Å². The smallest absolute Gasteiger partial charge is 0.416 e. The summed E-state index contributed by atoms with van der Waals surface area (Å²) >= 11 is 0. The number of anilines is 2. The van der Waals surface area contributed by atoms with Crippen molar-refractivity contribution in [2.45, 2.75) is 13.2 Å². The first kappa shape index (κ1) is 17.9. The molecule has 0 spiro atoms. The van der Waals surface area contributed by atoms with E-state index in [9.17, 15) is 17.6 Å². The molecule has 2 saturated heterocycles. The Morgan fingerprint density at radius 1 is 1.32 bits per heavy atom. The van der Waals surface area contributed by atoms with Crippen molar-refractivity contribution in [3.63, 3.8) is 0 Å². The molecule has 2 aliphatic heterocycles. The predicted molar refractivity (Wildman–Crippen MR) is 87.6 cm³/mol. The summed E-state index contributed by atoms with van der Waals surface area (Å²) in [6.07, 6.45) is -2.02. The van der Waals surface area contributed by atoms with E-state index in [4.69, 9.17) is 13.7 Å². The van der Waals surface area contributed by atoms with Crippen molar-refractivity contribution in [1.82, 2.24) is 0 Å². The lowest BCUT2D eigenvalue weighted by atomic mass is 10.2. The second-order valence-electron chi connectivity index (χ2n) is 5.60. The Morgan fingerprint density at radius 3 is 2.68 bits per heavy atom. The molecule has 0 radical (unpaired) electrons. The Bertz CT molecular complexity index is 750. The largest absolute Gasteiger partial charge is 0.416 e. The van der Waals surface area contributed by atoms with Gasteiger partial charge >= 0.3 is 6.09 Å². The van der Waals surface area contributed by atoms with E-state index in [-0.39, 0.29) is 18.0 Å². The third kappa shape index (κ3) is 4.02. The number of nitrogens with zero attached hydrogens (tertiary/aromatic N) is 2. The third-order valence-electron chi connectivity index (χ3n) is 3.99. The minimum atomic E-state index is -3.76. The van der Waals surface area contributed by atoms with E-state index in [1.807, 2.05) is 4.90 Å². The molecule has 10 heteroatoms. The maximum atomic E-state index is 14.4. The van der Waals surface area contributed by atoms with Gasteiger partial charge in [0.15, 0.2) is 0 Å². The maximum Gasteiger partial charge on any atom is 0.416 e. The maximum absolute atomic E-state index is 14.4. The van der Waals surface area contributed by atoms with E-state index < -0.39 is 28.3 Å². The van der Waals surface area contributed by atoms with Gasteiger partial charge in [-0.15, -0.1) is 0 Å². The number of carbonyl (C=O) groups excluding carboxylic acids is 1. The minimum absolute atomic E-state index is 0.131. The van der Waals surface area contributed by atoms with Crippen LogP contribution >= 0.6 is 0 Å². The van der Waals surface area contributed by atoms with Crippen LogP contribution in [0, 0.1) is 5.82 Å². The molecule has 3 rings (SSSR count). The van der Waals surface area contributed by atoms with Gasteiger partial charge in [-0.2, -0.15) is 8.42 Å². The number of hydrogen-bond acceptors (Lipinski definition) is 7. The molecule has 0 aliphatic carbocycles. The molecule has 1 amide bonds. The van der Waals surface area contributed by atoms with Crippen LogP contribution in [0.5, 0.6) is 0 Å². The standard InChI is InChI=1S/C15H19FN2O6S/c1-2-25(20,21)24-14-10-18(15(19)23-14)11-3-4-13(12(16)9-11)17-5-7-22-8-6-17/h3-4,9,14H,2,5-8,10H2,1H3. The number of hydrogen-bond donors (Lipinski definition) is 0. The quantitative estimate of drug-likeness (QED) is 0.719. The zero-order valence-corrected chi connectivity index (χ0v) is 14.5. The number of benzene rings is 1. The molecule has 1 aromatic carbocycles. The van der Waals surface area contributed by atoms with Crippen molar-refractivity contribution < 1.29 is 31.3 Å². The highest BCUT2D eigenvalue weighted by molar-refractivity contribution is 7.86. The lowest BCUT2D eigenvalue weighted by molar-refractivity contribution is 0.0109. The highest BCUT2D eigenvalue weighted by atomic mass is 32.2. The first-order valence-corrected chi connectivity index (χ1v) is 9.48. The van der Waals surface area contributed by atoms with E-state index >= 15 is 0 Å². The SMILES string of the molecule is CCS(=O)(=O)OC1CN(c2ccc(N3CCOCC3)c(F)c2)C(=O)O1. The number of cyclic esters (lactones) is 1. The van der Waals surface area contributed by atoms with Gasteiger partial charge in [0.2, 0.25) is 6.29 Å². The monoisotopic (exact) mass is 374 g/mol. The van der Waals surface area contributed by atoms with E-state index in [2.05, 4.69) is 0 Å². The highest BCUT2D eigenvalue weighted by Gasteiger charge is 2.36. The molecule has 0 saturated carbocycles. The molecule has 1 unspecified atom stereocenters. The molecule has 2 aliphatic rings. The van der Waals surface area contributed by atoms with Gasteiger partial charge in [0.05, 0.1) is 36.9 Å². The van der Waals surface area contributed by atoms with Crippen molar-refractivity contribution in [2.75, 3.05) is 48.4 Å². The number of amides is 1. The van der Waals surface area contributed by atoms with Crippen LogP contribution in [0.1, 0.15) is 6.92 Å². The number of halogens is 1. The fourth-order valence-electron chi connectivity index (χ4n) is 2.65. The Morgan fingerprint density at radius 2 is 2.04 bits per heavy atom. The molecule has 8 nitrogen and oxygen atoms in total. The van der Waals surface area contributed by atoms with E-state index in [0.29, 0.717) is 32.0 Å². The average Bonchev–Trinajstić information content (AvgIpc) is 2.95. The summed E-state index contributed by atoms with van der Waals surface area (Å²) in [5.41, 5.74) is 0.709. The number of carbonyl (C=O) groups is 1. The minimum Gasteiger partial charge on any atom is -0.416 e. The molecule has 2 heterocycles. The zero-order chi connectivity index (χ0) is 18.0. The number of morpholine rings is 1. The molecule has 138 valence electrons. The first-order chi connectivity index (χ1) is 11.9. The molecule has 25 heavy (non-hydrogen) atoms. The van der Waals surface area contributed by atoms with Gasteiger partial charge < -0.3 is 14.4 Å². The topological polar surface area (TPSA) is 85.4 Å². The summed E-state index contributed by atoms with van der Waals surface area (Å²) in [6, 6.07) is 4.40. The lowest BCUT2D eigenvalue weighted by Crippen LogP contribution is -2.36. The summed E-state index contributed by atoms with van der Waals surface area (Å²) in [6.45, 7) is 3.53. The van der Waals surface area contributed by atoms with Gasteiger partial charge in [-0.05, 0) is 25.1 Å². The van der Waals surface area contributed by atoms with E-state index in [1.165, 1.54) is 13.0 Å². The molecular formula is C15H19FN2O6S.